The van der Waals surface area contributed by atoms with Crippen LogP contribution in [0.4, 0.5) is 8.78 Å². The number of carbonyl (C=O) groups is 1. The molecule has 0 fully saturated rings. The lowest BCUT2D eigenvalue weighted by molar-refractivity contribution is -0.164. The minimum absolute atomic E-state index is 0.0739. The molecule has 2 aliphatic rings. The van der Waals surface area contributed by atoms with E-state index in [1.807, 2.05) is 0 Å². The number of aliphatic hydroxyl groups is 1. The van der Waals surface area contributed by atoms with E-state index in [1.165, 1.54) is 13.0 Å². The highest BCUT2D eigenvalue weighted by Crippen LogP contribution is 2.36. The number of hydrogen-bond acceptors (Lipinski definition) is 6. The average molecular weight is 364 g/mol. The van der Waals surface area contributed by atoms with Gasteiger partial charge in [0.25, 0.3) is 12.3 Å². The van der Waals surface area contributed by atoms with Crippen LogP contribution in [0.15, 0.2) is 29.4 Å². The van der Waals surface area contributed by atoms with Crippen molar-refractivity contribution in [2.45, 2.75) is 25.5 Å². The molecule has 2 N–H and O–H groups in total. The predicted octanol–water partition coefficient (Wildman–Crippen LogP) is 1.98. The van der Waals surface area contributed by atoms with E-state index in [2.05, 4.69) is 15.3 Å². The van der Waals surface area contributed by atoms with Crippen molar-refractivity contribution in [2.24, 2.45) is 5.10 Å². The van der Waals surface area contributed by atoms with Gasteiger partial charge in [0.05, 0.1) is 5.69 Å². The number of aromatic nitrogens is 2. The summed E-state index contributed by atoms with van der Waals surface area (Å²) in [4.78, 5) is 12.6. The second-order valence-corrected chi connectivity index (χ2v) is 6.04. The van der Waals surface area contributed by atoms with Crippen LogP contribution in [0.2, 0.25) is 0 Å². The third kappa shape index (κ3) is 2.49. The Labute approximate surface area is 146 Å². The molecule has 0 bridgehead atoms. The number of halogens is 2. The zero-order valence-corrected chi connectivity index (χ0v) is 13.6. The van der Waals surface area contributed by atoms with Gasteiger partial charge in [0.2, 0.25) is 12.5 Å². The molecule has 3 heterocycles. The van der Waals surface area contributed by atoms with Crippen molar-refractivity contribution in [1.29, 1.82) is 0 Å². The second-order valence-electron chi connectivity index (χ2n) is 6.04. The van der Waals surface area contributed by atoms with Crippen LogP contribution < -0.4 is 9.47 Å². The lowest BCUT2D eigenvalue weighted by Crippen LogP contribution is -2.51. The fourth-order valence-corrected chi connectivity index (χ4v) is 2.88. The molecule has 10 heteroatoms. The largest absolute Gasteiger partial charge is 0.454 e. The number of alkyl halides is 2. The van der Waals surface area contributed by atoms with Gasteiger partial charge in [-0.1, -0.05) is 0 Å². The number of rotatable bonds is 3. The summed E-state index contributed by atoms with van der Waals surface area (Å²) in [6.45, 7) is 1.59. The maximum Gasteiger partial charge on any atom is 0.294 e. The van der Waals surface area contributed by atoms with Gasteiger partial charge < -0.3 is 14.6 Å². The first kappa shape index (κ1) is 16.5. The minimum atomic E-state index is -3.16. The van der Waals surface area contributed by atoms with E-state index in [0.29, 0.717) is 27.8 Å². The monoisotopic (exact) mass is 364 g/mol. The highest BCUT2D eigenvalue weighted by Gasteiger charge is 2.51. The Morgan fingerprint density at radius 3 is 2.88 bits per heavy atom. The van der Waals surface area contributed by atoms with Gasteiger partial charge in [-0.25, -0.2) is 8.78 Å². The summed E-state index contributed by atoms with van der Waals surface area (Å²) in [7, 11) is 0. The number of nitrogens with zero attached hydrogens (tertiary/aromatic N) is 3. The topological polar surface area (TPSA) is 100 Å². The molecule has 0 spiro atoms. The Hall–Kier alpha value is -3.01. The van der Waals surface area contributed by atoms with Crippen molar-refractivity contribution >= 4 is 11.6 Å². The molecule has 2 aromatic rings. The first-order chi connectivity index (χ1) is 12.4. The number of aromatic amines is 1. The van der Waals surface area contributed by atoms with Crippen LogP contribution in [0.5, 0.6) is 11.5 Å². The molecule has 1 amide bonds. The molecular formula is C16H14F2N4O4. The Bertz CT molecular complexity index is 913. The SMILES string of the molecule is CC1=NN(C(=O)c2cc(-c3ccc4c(c3)OCO4)n[nH]2)[C@](O)(C(F)F)C1. The van der Waals surface area contributed by atoms with Gasteiger partial charge in [0.15, 0.2) is 11.5 Å². The zero-order chi connectivity index (χ0) is 18.5. The molecule has 1 aromatic heterocycles. The molecule has 8 nitrogen and oxygen atoms in total. The van der Waals surface area contributed by atoms with Gasteiger partial charge in [-0.2, -0.15) is 15.2 Å². The van der Waals surface area contributed by atoms with Crippen molar-refractivity contribution in [1.82, 2.24) is 15.2 Å². The fourth-order valence-electron chi connectivity index (χ4n) is 2.88. The molecule has 4 rings (SSSR count). The fraction of sp³-hybridized carbons (Fsp3) is 0.312. The van der Waals surface area contributed by atoms with Crippen LogP contribution in [0.25, 0.3) is 11.3 Å². The smallest absolute Gasteiger partial charge is 0.294 e. The average Bonchev–Trinajstić information content (AvgIpc) is 3.31. The number of benzene rings is 1. The summed E-state index contributed by atoms with van der Waals surface area (Å²) < 4.78 is 37.0. The summed E-state index contributed by atoms with van der Waals surface area (Å²) >= 11 is 0. The molecule has 0 radical (unpaired) electrons. The van der Waals surface area contributed by atoms with Crippen LogP contribution in [0.3, 0.4) is 0 Å². The lowest BCUT2D eigenvalue weighted by atomic mass is 10.1. The Kier molecular flexibility index (Phi) is 3.65. The Morgan fingerprint density at radius 1 is 1.35 bits per heavy atom. The number of hydrogen-bond donors (Lipinski definition) is 2. The quantitative estimate of drug-likeness (QED) is 0.868. The molecular weight excluding hydrogens is 350 g/mol. The Morgan fingerprint density at radius 2 is 2.12 bits per heavy atom. The van der Waals surface area contributed by atoms with Crippen LogP contribution in [-0.2, 0) is 0 Å². The predicted molar refractivity (Wildman–Crippen MR) is 85.0 cm³/mol. The molecule has 136 valence electrons. The maximum absolute atomic E-state index is 13.3. The van der Waals surface area contributed by atoms with Gasteiger partial charge in [0, 0.05) is 17.7 Å². The number of hydrazone groups is 1. The summed E-state index contributed by atoms with van der Waals surface area (Å²) in [6, 6.07) is 6.53. The highest BCUT2D eigenvalue weighted by molar-refractivity contribution is 5.97. The van der Waals surface area contributed by atoms with Crippen LogP contribution >= 0.6 is 0 Å². The standard InChI is InChI=1S/C16H14F2N4O4/c1-8-6-16(24,15(17)18)22(21-8)14(23)11-5-10(19-20-11)9-2-3-12-13(4-9)26-7-25-12/h2-5,15,24H,6-7H2,1H3,(H,19,20)/t16-/m1/s1. The summed E-state index contributed by atoms with van der Waals surface area (Å²) in [5.74, 6) is 0.249. The number of carbonyl (C=O) groups excluding carboxylic acids is 1. The highest BCUT2D eigenvalue weighted by atomic mass is 19.3. The van der Waals surface area contributed by atoms with Gasteiger partial charge in [-0.05, 0) is 31.2 Å². The number of H-pyrrole nitrogens is 1. The van der Waals surface area contributed by atoms with Crippen molar-refractivity contribution in [3.63, 3.8) is 0 Å². The van der Waals surface area contributed by atoms with E-state index in [0.717, 1.165) is 0 Å². The van der Waals surface area contributed by atoms with Gasteiger partial charge in [0.1, 0.15) is 5.69 Å². The van der Waals surface area contributed by atoms with Crippen LogP contribution in [0, 0.1) is 0 Å². The van der Waals surface area contributed by atoms with Gasteiger partial charge in [-0.3, -0.25) is 9.89 Å². The number of amides is 1. The summed E-state index contributed by atoms with van der Waals surface area (Å²) in [5, 5.41) is 20.8. The van der Waals surface area contributed by atoms with Gasteiger partial charge in [-0.15, -0.1) is 0 Å². The molecule has 0 unspecified atom stereocenters. The first-order valence-corrected chi connectivity index (χ1v) is 7.73. The lowest BCUT2D eigenvalue weighted by Gasteiger charge is -2.29. The second kappa shape index (κ2) is 5.77. The van der Waals surface area contributed by atoms with E-state index in [1.54, 1.807) is 18.2 Å². The number of ether oxygens (including phenoxy) is 2. The number of fused-ring (bicyclic) bond motifs is 1. The molecule has 0 aliphatic carbocycles. The Balaban J connectivity index is 1.63. The van der Waals surface area contributed by atoms with Crippen LogP contribution in [0.1, 0.15) is 23.8 Å². The molecule has 0 saturated carbocycles. The first-order valence-electron chi connectivity index (χ1n) is 7.73. The maximum atomic E-state index is 13.3. The zero-order valence-electron chi connectivity index (χ0n) is 13.6. The summed E-state index contributed by atoms with van der Waals surface area (Å²) in [6.07, 6.45) is -3.58. The third-order valence-electron chi connectivity index (χ3n) is 4.17. The van der Waals surface area contributed by atoms with Gasteiger partial charge >= 0.3 is 0 Å². The van der Waals surface area contributed by atoms with Crippen molar-refractivity contribution < 1.29 is 28.2 Å². The van der Waals surface area contributed by atoms with Crippen molar-refractivity contribution in [3.8, 4) is 22.8 Å². The molecule has 2 aliphatic heterocycles. The molecule has 1 atom stereocenters. The van der Waals surface area contributed by atoms with E-state index in [4.69, 9.17) is 9.47 Å². The van der Waals surface area contributed by atoms with E-state index in [-0.39, 0.29) is 18.2 Å². The minimum Gasteiger partial charge on any atom is -0.454 e. The van der Waals surface area contributed by atoms with E-state index >= 15 is 0 Å². The van der Waals surface area contributed by atoms with Crippen LogP contribution in [-0.4, -0.2) is 50.9 Å². The van der Waals surface area contributed by atoms with E-state index < -0.39 is 24.5 Å². The third-order valence-corrected chi connectivity index (χ3v) is 4.17. The molecule has 26 heavy (non-hydrogen) atoms. The molecule has 0 saturated heterocycles. The normalized spacial score (nSPS) is 21.4. The van der Waals surface area contributed by atoms with Crippen molar-refractivity contribution in [3.05, 3.63) is 30.0 Å². The summed E-state index contributed by atoms with van der Waals surface area (Å²) in [5.41, 5.74) is -1.45. The number of nitrogens with one attached hydrogen (secondary N) is 1. The van der Waals surface area contributed by atoms with Crippen molar-refractivity contribution in [2.75, 3.05) is 6.79 Å². The molecule has 1 aromatic carbocycles. The van der Waals surface area contributed by atoms with E-state index in [9.17, 15) is 18.7 Å².